The van der Waals surface area contributed by atoms with Crippen LogP contribution < -0.4 is 10.1 Å². The Labute approximate surface area is 187 Å². The first-order valence-electron chi connectivity index (χ1n) is 9.26. The number of ether oxygens (including phenoxy) is 1. The van der Waals surface area contributed by atoms with E-state index in [2.05, 4.69) is 20.5 Å². The Morgan fingerprint density at radius 1 is 1.26 bits per heavy atom. The molecule has 4 aromatic rings. The maximum absolute atomic E-state index is 12.6. The van der Waals surface area contributed by atoms with Crippen molar-refractivity contribution in [3.8, 4) is 17.1 Å². The predicted molar refractivity (Wildman–Crippen MR) is 118 cm³/mol. The van der Waals surface area contributed by atoms with Crippen molar-refractivity contribution in [2.75, 3.05) is 18.2 Å². The molecule has 0 bridgehead atoms. The number of pyridine rings is 1. The number of carbonyl (C=O) groups excluding carboxylic acids is 1. The number of furan rings is 1. The first-order chi connectivity index (χ1) is 15.1. The summed E-state index contributed by atoms with van der Waals surface area (Å²) in [5, 5.41) is 12.5. The molecule has 0 radical (unpaired) electrons. The van der Waals surface area contributed by atoms with Gasteiger partial charge in [0.25, 0.3) is 0 Å². The second-order valence-electron chi connectivity index (χ2n) is 6.39. The number of halogens is 1. The molecule has 1 N–H and O–H groups in total. The van der Waals surface area contributed by atoms with Gasteiger partial charge in [-0.3, -0.25) is 14.3 Å². The molecule has 3 heterocycles. The van der Waals surface area contributed by atoms with Crippen LogP contribution in [0.15, 0.2) is 70.7 Å². The van der Waals surface area contributed by atoms with E-state index in [1.807, 2.05) is 28.8 Å². The molecule has 0 spiro atoms. The van der Waals surface area contributed by atoms with E-state index in [1.165, 1.54) is 18.9 Å². The van der Waals surface area contributed by atoms with Gasteiger partial charge in [-0.25, -0.2) is 0 Å². The predicted octanol–water partition coefficient (Wildman–Crippen LogP) is 4.37. The molecule has 10 heteroatoms. The first kappa shape index (κ1) is 21.0. The van der Waals surface area contributed by atoms with E-state index in [0.29, 0.717) is 34.0 Å². The van der Waals surface area contributed by atoms with Crippen LogP contribution in [0.1, 0.15) is 5.76 Å². The van der Waals surface area contributed by atoms with Crippen molar-refractivity contribution in [3.63, 3.8) is 0 Å². The van der Waals surface area contributed by atoms with Gasteiger partial charge in [0.15, 0.2) is 11.0 Å². The molecule has 31 heavy (non-hydrogen) atoms. The highest BCUT2D eigenvalue weighted by Gasteiger charge is 2.17. The Morgan fingerprint density at radius 2 is 2.16 bits per heavy atom. The minimum atomic E-state index is -0.221. The Kier molecular flexibility index (Phi) is 6.54. The van der Waals surface area contributed by atoms with Crippen molar-refractivity contribution in [1.82, 2.24) is 19.7 Å². The largest absolute Gasteiger partial charge is 0.495 e. The van der Waals surface area contributed by atoms with Crippen molar-refractivity contribution in [2.45, 2.75) is 11.7 Å². The Balaban J connectivity index is 1.52. The third kappa shape index (κ3) is 5.07. The lowest BCUT2D eigenvalue weighted by atomic mass is 10.2. The number of aromatic nitrogens is 4. The first-order valence-corrected chi connectivity index (χ1v) is 10.6. The van der Waals surface area contributed by atoms with Crippen LogP contribution in [0.5, 0.6) is 5.75 Å². The Bertz CT molecular complexity index is 1170. The standard InChI is InChI=1S/C21H18ClN5O3S/c1-29-18-7-6-15(22)10-17(18)24-19(28)13-31-21-26-25-20(14-4-2-8-23-11-14)27(21)12-16-5-3-9-30-16/h2-11H,12-13H2,1H3,(H,24,28). The topological polar surface area (TPSA) is 95.1 Å². The van der Waals surface area contributed by atoms with Crippen LogP contribution in [-0.2, 0) is 11.3 Å². The molecule has 0 aliphatic heterocycles. The number of carbonyl (C=O) groups is 1. The fourth-order valence-electron chi connectivity index (χ4n) is 2.90. The molecule has 0 fully saturated rings. The number of nitrogens with zero attached hydrogens (tertiary/aromatic N) is 4. The molecule has 0 saturated heterocycles. The van der Waals surface area contributed by atoms with Crippen LogP contribution in [0.3, 0.4) is 0 Å². The molecule has 0 aliphatic rings. The van der Waals surface area contributed by atoms with E-state index < -0.39 is 0 Å². The van der Waals surface area contributed by atoms with E-state index in [0.717, 1.165) is 11.3 Å². The molecule has 158 valence electrons. The fraction of sp³-hybridized carbons (Fsp3) is 0.143. The summed E-state index contributed by atoms with van der Waals surface area (Å²) < 4.78 is 12.7. The lowest BCUT2D eigenvalue weighted by Gasteiger charge is -2.11. The number of amides is 1. The summed E-state index contributed by atoms with van der Waals surface area (Å²) in [7, 11) is 1.53. The summed E-state index contributed by atoms with van der Waals surface area (Å²) in [4.78, 5) is 16.7. The minimum Gasteiger partial charge on any atom is -0.495 e. The Morgan fingerprint density at radius 3 is 2.90 bits per heavy atom. The number of hydrogen-bond donors (Lipinski definition) is 1. The quantitative estimate of drug-likeness (QED) is 0.394. The monoisotopic (exact) mass is 455 g/mol. The number of rotatable bonds is 8. The highest BCUT2D eigenvalue weighted by Crippen LogP contribution is 2.29. The van der Waals surface area contributed by atoms with Crippen LogP contribution in [0.2, 0.25) is 5.02 Å². The van der Waals surface area contributed by atoms with Gasteiger partial charge in [0.2, 0.25) is 5.91 Å². The van der Waals surface area contributed by atoms with Crippen LogP contribution in [0, 0.1) is 0 Å². The van der Waals surface area contributed by atoms with Gasteiger partial charge in [-0.05, 0) is 42.5 Å². The number of anilines is 1. The number of hydrogen-bond acceptors (Lipinski definition) is 7. The van der Waals surface area contributed by atoms with Gasteiger partial charge < -0.3 is 14.5 Å². The fourth-order valence-corrected chi connectivity index (χ4v) is 3.81. The zero-order valence-electron chi connectivity index (χ0n) is 16.5. The number of thioether (sulfide) groups is 1. The number of methoxy groups -OCH3 is 1. The summed E-state index contributed by atoms with van der Waals surface area (Å²) >= 11 is 7.30. The third-order valence-corrected chi connectivity index (χ3v) is 5.50. The van der Waals surface area contributed by atoms with Crippen molar-refractivity contribution in [3.05, 3.63) is 71.9 Å². The SMILES string of the molecule is COc1ccc(Cl)cc1NC(=O)CSc1nnc(-c2cccnc2)n1Cc1ccco1. The number of nitrogens with one attached hydrogen (secondary N) is 1. The molecule has 0 unspecified atom stereocenters. The van der Waals surface area contributed by atoms with Crippen molar-refractivity contribution in [1.29, 1.82) is 0 Å². The zero-order chi connectivity index (χ0) is 21.6. The second-order valence-corrected chi connectivity index (χ2v) is 7.77. The summed E-state index contributed by atoms with van der Waals surface area (Å²) in [6.45, 7) is 0.427. The van der Waals surface area contributed by atoms with Gasteiger partial charge in [0, 0.05) is 23.0 Å². The highest BCUT2D eigenvalue weighted by atomic mass is 35.5. The van der Waals surface area contributed by atoms with E-state index in [-0.39, 0.29) is 11.7 Å². The maximum Gasteiger partial charge on any atom is 0.234 e. The second kappa shape index (κ2) is 9.67. The van der Waals surface area contributed by atoms with E-state index in [4.69, 9.17) is 20.8 Å². The van der Waals surface area contributed by atoms with Gasteiger partial charge in [-0.2, -0.15) is 0 Å². The van der Waals surface area contributed by atoms with E-state index in [1.54, 1.807) is 36.9 Å². The maximum atomic E-state index is 12.6. The van der Waals surface area contributed by atoms with Crippen LogP contribution in [0.25, 0.3) is 11.4 Å². The molecule has 0 atom stereocenters. The van der Waals surface area contributed by atoms with E-state index in [9.17, 15) is 4.79 Å². The van der Waals surface area contributed by atoms with Gasteiger partial charge in [0.05, 0.1) is 31.4 Å². The molecular formula is C21H18ClN5O3S. The molecule has 8 nitrogen and oxygen atoms in total. The average Bonchev–Trinajstić information content (AvgIpc) is 3.43. The molecule has 1 amide bonds. The average molecular weight is 456 g/mol. The molecule has 1 aromatic carbocycles. The minimum absolute atomic E-state index is 0.124. The molecule has 3 aromatic heterocycles. The zero-order valence-corrected chi connectivity index (χ0v) is 18.1. The lowest BCUT2D eigenvalue weighted by Crippen LogP contribution is -2.15. The summed E-state index contributed by atoms with van der Waals surface area (Å²) in [6, 6.07) is 12.5. The summed E-state index contributed by atoms with van der Waals surface area (Å²) in [5.41, 5.74) is 1.33. The number of benzene rings is 1. The van der Waals surface area contributed by atoms with Crippen LogP contribution in [-0.4, -0.2) is 38.5 Å². The highest BCUT2D eigenvalue weighted by molar-refractivity contribution is 7.99. The molecular weight excluding hydrogens is 438 g/mol. The molecule has 0 aliphatic carbocycles. The molecule has 0 saturated carbocycles. The van der Waals surface area contributed by atoms with E-state index >= 15 is 0 Å². The van der Waals surface area contributed by atoms with Gasteiger partial charge in [0.1, 0.15) is 11.5 Å². The van der Waals surface area contributed by atoms with Crippen molar-refractivity contribution < 1.29 is 13.9 Å². The third-order valence-electron chi connectivity index (χ3n) is 4.30. The smallest absolute Gasteiger partial charge is 0.234 e. The van der Waals surface area contributed by atoms with Gasteiger partial charge >= 0.3 is 0 Å². The van der Waals surface area contributed by atoms with Gasteiger partial charge in [-0.15, -0.1) is 10.2 Å². The lowest BCUT2D eigenvalue weighted by molar-refractivity contribution is -0.113. The van der Waals surface area contributed by atoms with Crippen molar-refractivity contribution >= 4 is 35.0 Å². The van der Waals surface area contributed by atoms with Crippen LogP contribution in [0.4, 0.5) is 5.69 Å². The molecule has 4 rings (SSSR count). The Hall–Kier alpha value is -3.30. The summed E-state index contributed by atoms with van der Waals surface area (Å²) in [6.07, 6.45) is 5.03. The normalized spacial score (nSPS) is 10.8. The van der Waals surface area contributed by atoms with Crippen molar-refractivity contribution in [2.24, 2.45) is 0 Å². The van der Waals surface area contributed by atoms with Crippen LogP contribution >= 0.6 is 23.4 Å². The van der Waals surface area contributed by atoms with Gasteiger partial charge in [-0.1, -0.05) is 23.4 Å². The summed E-state index contributed by atoms with van der Waals surface area (Å²) in [5.74, 6) is 1.83.